The summed E-state index contributed by atoms with van der Waals surface area (Å²) in [5.41, 5.74) is 4.22. The van der Waals surface area contributed by atoms with Gasteiger partial charge in [0.25, 0.3) is 0 Å². The number of nitrogens with zero attached hydrogens (tertiary/aromatic N) is 1. The van der Waals surface area contributed by atoms with Gasteiger partial charge in [0.1, 0.15) is 0 Å². The second-order valence-corrected chi connectivity index (χ2v) is 5.95. The van der Waals surface area contributed by atoms with E-state index in [1.165, 1.54) is 0 Å². The molecule has 0 aromatic heterocycles. The molecule has 0 saturated carbocycles. The first-order valence-electron chi connectivity index (χ1n) is 7.52. The monoisotopic (exact) mass is 393 g/mol. The first-order chi connectivity index (χ1) is 12.6. The highest BCUT2D eigenvalue weighted by Crippen LogP contribution is 2.39. The zero-order valence-electron chi connectivity index (χ0n) is 14.0. The molecule has 0 spiro atoms. The van der Waals surface area contributed by atoms with Gasteiger partial charge >= 0.3 is 0 Å². The van der Waals surface area contributed by atoms with Crippen LogP contribution in [-0.4, -0.2) is 32.3 Å². The van der Waals surface area contributed by atoms with Crippen LogP contribution >= 0.6 is 23.8 Å². The number of fused-ring (bicyclic) bond motifs is 1. The molecule has 0 atom stereocenters. The van der Waals surface area contributed by atoms with Crippen LogP contribution in [0.1, 0.15) is 5.56 Å². The maximum Gasteiger partial charge on any atom is 0.231 e. The average molecular weight is 394 g/mol. The minimum Gasteiger partial charge on any atom is -0.493 e. The number of thiocarbonyl (C=S) groups is 1. The maximum absolute atomic E-state index is 6.13. The van der Waals surface area contributed by atoms with Gasteiger partial charge < -0.3 is 24.3 Å². The Morgan fingerprint density at radius 1 is 1.19 bits per heavy atom. The number of rotatable bonds is 5. The van der Waals surface area contributed by atoms with Gasteiger partial charge in [-0.05, 0) is 42.0 Å². The largest absolute Gasteiger partial charge is 0.493 e. The van der Waals surface area contributed by atoms with Gasteiger partial charge in [-0.3, -0.25) is 5.43 Å². The third kappa shape index (κ3) is 4.09. The van der Waals surface area contributed by atoms with E-state index in [9.17, 15) is 0 Å². The first-order valence-corrected chi connectivity index (χ1v) is 8.30. The number of hydrogen-bond acceptors (Lipinski definition) is 6. The second-order valence-electron chi connectivity index (χ2n) is 5.13. The summed E-state index contributed by atoms with van der Waals surface area (Å²) in [4.78, 5) is 0. The predicted molar refractivity (Wildman–Crippen MR) is 104 cm³/mol. The lowest BCUT2D eigenvalue weighted by Gasteiger charge is -2.11. The Morgan fingerprint density at radius 3 is 2.77 bits per heavy atom. The van der Waals surface area contributed by atoms with E-state index in [4.69, 9.17) is 42.8 Å². The molecule has 2 aromatic rings. The van der Waals surface area contributed by atoms with E-state index in [1.54, 1.807) is 44.7 Å². The fraction of sp³-hybridized carbons (Fsp3) is 0.176. The highest BCUT2D eigenvalue weighted by Gasteiger charge is 2.17. The molecule has 0 amide bonds. The standard InChI is InChI=1S/C17H16ClN3O4S/c1-22-13-4-3-11(7-14(13)23-2)20-17(26)21-19-8-10-5-12(18)16-15(6-10)24-9-25-16/h3-8H,9H2,1-2H3,(H2,20,21,26)/b19-8-. The number of hydrazone groups is 1. The van der Waals surface area contributed by atoms with Crippen molar-refractivity contribution in [1.82, 2.24) is 5.43 Å². The molecule has 136 valence electrons. The number of nitrogens with one attached hydrogen (secondary N) is 2. The molecule has 0 fully saturated rings. The van der Waals surface area contributed by atoms with Crippen LogP contribution in [0.5, 0.6) is 23.0 Å². The van der Waals surface area contributed by atoms with Gasteiger partial charge in [-0.25, -0.2) is 0 Å². The SMILES string of the molecule is COc1ccc(NC(=S)N/N=C\c2cc(Cl)c3c(c2)OCO3)cc1OC. The smallest absolute Gasteiger partial charge is 0.231 e. The molecular formula is C17H16ClN3O4S. The van der Waals surface area contributed by atoms with Crippen LogP contribution in [0.3, 0.4) is 0 Å². The Bertz CT molecular complexity index is 860. The van der Waals surface area contributed by atoms with Crippen molar-refractivity contribution >= 4 is 40.8 Å². The summed E-state index contributed by atoms with van der Waals surface area (Å²) in [5.74, 6) is 2.36. The third-order valence-electron chi connectivity index (χ3n) is 3.47. The van der Waals surface area contributed by atoms with Crippen LogP contribution in [-0.2, 0) is 0 Å². The molecule has 1 aliphatic rings. The van der Waals surface area contributed by atoms with Crippen molar-refractivity contribution in [2.75, 3.05) is 26.3 Å². The average Bonchev–Trinajstić information content (AvgIpc) is 3.10. The molecule has 26 heavy (non-hydrogen) atoms. The van der Waals surface area contributed by atoms with Gasteiger partial charge in [0.2, 0.25) is 6.79 Å². The zero-order valence-corrected chi connectivity index (χ0v) is 15.6. The number of anilines is 1. The van der Waals surface area contributed by atoms with E-state index >= 15 is 0 Å². The lowest BCUT2D eigenvalue weighted by molar-refractivity contribution is 0.174. The van der Waals surface area contributed by atoms with Crippen molar-refractivity contribution in [2.24, 2.45) is 5.10 Å². The molecule has 2 N–H and O–H groups in total. The summed E-state index contributed by atoms with van der Waals surface area (Å²) in [6.07, 6.45) is 1.58. The summed E-state index contributed by atoms with van der Waals surface area (Å²) in [6, 6.07) is 8.88. The number of halogens is 1. The van der Waals surface area contributed by atoms with Crippen molar-refractivity contribution in [2.45, 2.75) is 0 Å². The van der Waals surface area contributed by atoms with Crippen LogP contribution < -0.4 is 29.7 Å². The maximum atomic E-state index is 6.13. The van der Waals surface area contributed by atoms with Crippen molar-refractivity contribution in [3.8, 4) is 23.0 Å². The van der Waals surface area contributed by atoms with E-state index < -0.39 is 0 Å². The van der Waals surface area contributed by atoms with E-state index in [-0.39, 0.29) is 6.79 Å². The number of benzene rings is 2. The summed E-state index contributed by atoms with van der Waals surface area (Å²) >= 11 is 11.3. The van der Waals surface area contributed by atoms with Gasteiger partial charge in [-0.1, -0.05) is 11.6 Å². The first kappa shape index (κ1) is 18.1. The highest BCUT2D eigenvalue weighted by atomic mass is 35.5. The van der Waals surface area contributed by atoms with Gasteiger partial charge in [-0.15, -0.1) is 0 Å². The Labute approximate surface area is 160 Å². The Hall–Kier alpha value is -2.71. The Morgan fingerprint density at radius 2 is 2.00 bits per heavy atom. The Kier molecular flexibility index (Phi) is 5.65. The minimum absolute atomic E-state index is 0.160. The van der Waals surface area contributed by atoms with Gasteiger partial charge in [0.15, 0.2) is 28.1 Å². The molecule has 7 nitrogen and oxygen atoms in total. The molecule has 0 unspecified atom stereocenters. The molecule has 1 heterocycles. The topological polar surface area (TPSA) is 73.3 Å². The molecule has 3 rings (SSSR count). The molecule has 1 aliphatic heterocycles. The number of ether oxygens (including phenoxy) is 4. The van der Waals surface area contributed by atoms with Crippen LogP contribution in [0.4, 0.5) is 5.69 Å². The van der Waals surface area contributed by atoms with Gasteiger partial charge in [-0.2, -0.15) is 5.10 Å². The van der Waals surface area contributed by atoms with E-state index in [0.717, 1.165) is 11.3 Å². The van der Waals surface area contributed by atoms with Crippen molar-refractivity contribution in [1.29, 1.82) is 0 Å². The summed E-state index contributed by atoms with van der Waals surface area (Å²) in [7, 11) is 3.15. The molecule has 0 aliphatic carbocycles. The van der Waals surface area contributed by atoms with Crippen molar-refractivity contribution < 1.29 is 18.9 Å². The fourth-order valence-corrected chi connectivity index (χ4v) is 2.74. The van der Waals surface area contributed by atoms with Crippen LogP contribution in [0, 0.1) is 0 Å². The lowest BCUT2D eigenvalue weighted by atomic mass is 10.2. The van der Waals surface area contributed by atoms with E-state index in [2.05, 4.69) is 15.8 Å². The van der Waals surface area contributed by atoms with Crippen LogP contribution in [0.15, 0.2) is 35.4 Å². The molecule has 9 heteroatoms. The van der Waals surface area contributed by atoms with Crippen LogP contribution in [0.2, 0.25) is 5.02 Å². The predicted octanol–water partition coefficient (Wildman–Crippen LogP) is 3.41. The minimum atomic E-state index is 0.160. The molecule has 0 bridgehead atoms. The summed E-state index contributed by atoms with van der Waals surface area (Å²) < 4.78 is 21.0. The fourth-order valence-electron chi connectivity index (χ4n) is 2.30. The van der Waals surface area contributed by atoms with E-state index in [0.29, 0.717) is 33.1 Å². The zero-order chi connectivity index (χ0) is 18.5. The normalized spacial score (nSPS) is 12.1. The molecule has 0 radical (unpaired) electrons. The third-order valence-corrected chi connectivity index (χ3v) is 3.94. The van der Waals surface area contributed by atoms with Gasteiger partial charge in [0, 0.05) is 11.8 Å². The molecular weight excluding hydrogens is 378 g/mol. The number of methoxy groups -OCH3 is 2. The van der Waals surface area contributed by atoms with Crippen molar-refractivity contribution in [3.63, 3.8) is 0 Å². The number of hydrogen-bond donors (Lipinski definition) is 2. The molecule has 2 aromatic carbocycles. The quantitative estimate of drug-likeness (QED) is 0.458. The molecule has 0 saturated heterocycles. The van der Waals surface area contributed by atoms with E-state index in [1.807, 2.05) is 6.07 Å². The van der Waals surface area contributed by atoms with Gasteiger partial charge in [0.05, 0.1) is 25.5 Å². The highest BCUT2D eigenvalue weighted by molar-refractivity contribution is 7.80. The summed E-state index contributed by atoms with van der Waals surface area (Å²) in [5, 5.41) is 7.88. The second kappa shape index (κ2) is 8.11. The Balaban J connectivity index is 1.61. The lowest BCUT2D eigenvalue weighted by Crippen LogP contribution is -2.23. The van der Waals surface area contributed by atoms with Crippen LogP contribution in [0.25, 0.3) is 0 Å². The van der Waals surface area contributed by atoms with Crippen molar-refractivity contribution in [3.05, 3.63) is 40.9 Å². The summed E-state index contributed by atoms with van der Waals surface area (Å²) in [6.45, 7) is 0.160.